The first-order valence-corrected chi connectivity index (χ1v) is 10.3. The smallest absolute Gasteiger partial charge is 0.311 e. The molecular formula is C19H18FN3O3S2. The molecule has 3 rings (SSSR count). The monoisotopic (exact) mass is 419 g/mol. The van der Waals surface area contributed by atoms with Crippen LogP contribution in [0.25, 0.3) is 0 Å². The second-order valence-corrected chi connectivity index (χ2v) is 7.85. The van der Waals surface area contributed by atoms with E-state index in [2.05, 4.69) is 15.3 Å². The van der Waals surface area contributed by atoms with Crippen LogP contribution in [0.3, 0.4) is 0 Å². The Labute approximate surface area is 169 Å². The molecule has 0 atom stereocenters. The lowest BCUT2D eigenvalue weighted by atomic mass is 10.1. The number of rotatable bonds is 7. The Bertz CT molecular complexity index is 983. The number of aryl methyl sites for hydroxylation is 1. The molecule has 3 aromatic rings. The molecule has 0 spiro atoms. The zero-order valence-corrected chi connectivity index (χ0v) is 17.0. The van der Waals surface area contributed by atoms with Crippen LogP contribution in [-0.2, 0) is 22.4 Å². The number of aromatic nitrogens is 2. The van der Waals surface area contributed by atoms with Gasteiger partial charge in [0.25, 0.3) is 5.91 Å². The maximum atomic E-state index is 13.0. The van der Waals surface area contributed by atoms with E-state index in [-0.39, 0.29) is 24.1 Å². The van der Waals surface area contributed by atoms with Crippen LogP contribution in [0.4, 0.5) is 9.52 Å². The number of carbonyl (C=O) groups excluding carboxylic acids is 2. The van der Waals surface area contributed by atoms with E-state index in [9.17, 15) is 14.0 Å². The van der Waals surface area contributed by atoms with Gasteiger partial charge in [0, 0.05) is 11.8 Å². The lowest BCUT2D eigenvalue weighted by Gasteiger charge is -2.00. The van der Waals surface area contributed by atoms with Crippen LogP contribution < -0.4 is 5.32 Å². The number of hydrogen-bond donors (Lipinski definition) is 1. The lowest BCUT2D eigenvalue weighted by Crippen LogP contribution is -2.12. The number of amides is 1. The molecule has 0 unspecified atom stereocenters. The van der Waals surface area contributed by atoms with Gasteiger partial charge in [-0.1, -0.05) is 12.1 Å². The van der Waals surface area contributed by atoms with Gasteiger partial charge in [-0.2, -0.15) is 0 Å². The van der Waals surface area contributed by atoms with E-state index in [1.54, 1.807) is 31.4 Å². The van der Waals surface area contributed by atoms with Gasteiger partial charge in [0.15, 0.2) is 5.13 Å². The number of thiazole rings is 2. The van der Waals surface area contributed by atoms with Crippen LogP contribution in [0.5, 0.6) is 0 Å². The number of hydrogen-bond acceptors (Lipinski definition) is 7. The zero-order chi connectivity index (χ0) is 20.1. The van der Waals surface area contributed by atoms with Crippen molar-refractivity contribution in [1.82, 2.24) is 9.97 Å². The van der Waals surface area contributed by atoms with E-state index < -0.39 is 0 Å². The van der Waals surface area contributed by atoms with Gasteiger partial charge in [0.2, 0.25) is 0 Å². The maximum Gasteiger partial charge on any atom is 0.311 e. The molecule has 1 N–H and O–H groups in total. The van der Waals surface area contributed by atoms with Crippen LogP contribution in [-0.4, -0.2) is 28.5 Å². The molecule has 6 nitrogen and oxygen atoms in total. The van der Waals surface area contributed by atoms with Gasteiger partial charge in [-0.15, -0.1) is 22.7 Å². The third kappa shape index (κ3) is 5.20. The summed E-state index contributed by atoms with van der Waals surface area (Å²) in [5, 5.41) is 5.65. The van der Waals surface area contributed by atoms with Crippen molar-refractivity contribution in [2.24, 2.45) is 0 Å². The van der Waals surface area contributed by atoms with E-state index in [0.717, 1.165) is 10.6 Å². The molecule has 2 heterocycles. The largest absolute Gasteiger partial charge is 0.466 e. The van der Waals surface area contributed by atoms with Gasteiger partial charge in [0.05, 0.1) is 29.4 Å². The van der Waals surface area contributed by atoms with Crippen molar-refractivity contribution in [1.29, 1.82) is 0 Å². The third-order valence-electron chi connectivity index (χ3n) is 3.72. The summed E-state index contributed by atoms with van der Waals surface area (Å²) in [5.74, 6) is -0.934. The van der Waals surface area contributed by atoms with Crippen molar-refractivity contribution >= 4 is 39.7 Å². The molecule has 1 aromatic carbocycles. The number of carbonyl (C=O) groups is 2. The van der Waals surface area contributed by atoms with Crippen LogP contribution >= 0.6 is 22.7 Å². The quantitative estimate of drug-likeness (QED) is 0.586. The number of ether oxygens (including phenoxy) is 1. The molecule has 0 aliphatic rings. The number of esters is 1. The Morgan fingerprint density at radius 2 is 1.96 bits per heavy atom. The fraction of sp³-hybridized carbons (Fsp3) is 0.263. The molecule has 28 heavy (non-hydrogen) atoms. The summed E-state index contributed by atoms with van der Waals surface area (Å²) in [6.07, 6.45) is 0.599. The molecule has 9 heteroatoms. The molecule has 0 aliphatic carbocycles. The first-order valence-electron chi connectivity index (χ1n) is 8.56. The topological polar surface area (TPSA) is 81.2 Å². The predicted octanol–water partition coefficient (Wildman–Crippen LogP) is 4.00. The molecule has 146 valence electrons. The summed E-state index contributed by atoms with van der Waals surface area (Å²) in [6, 6.07) is 6.21. The Kier molecular flexibility index (Phi) is 6.48. The minimum atomic E-state index is -0.352. The highest BCUT2D eigenvalue weighted by Crippen LogP contribution is 2.23. The van der Waals surface area contributed by atoms with Crippen molar-refractivity contribution in [3.8, 4) is 0 Å². The highest BCUT2D eigenvalue weighted by molar-refractivity contribution is 7.15. The molecule has 0 saturated carbocycles. The van der Waals surface area contributed by atoms with E-state index in [1.807, 2.05) is 0 Å². The van der Waals surface area contributed by atoms with Crippen molar-refractivity contribution in [2.45, 2.75) is 26.7 Å². The number of anilines is 1. The van der Waals surface area contributed by atoms with Crippen molar-refractivity contribution in [3.63, 3.8) is 0 Å². The highest BCUT2D eigenvalue weighted by Gasteiger charge is 2.17. The van der Waals surface area contributed by atoms with Crippen LogP contribution in [0.1, 0.15) is 38.6 Å². The zero-order valence-electron chi connectivity index (χ0n) is 15.3. The summed E-state index contributed by atoms with van der Waals surface area (Å²) in [4.78, 5) is 33.3. The normalized spacial score (nSPS) is 10.7. The van der Waals surface area contributed by atoms with Crippen molar-refractivity contribution in [2.75, 3.05) is 11.9 Å². The number of nitrogens with one attached hydrogen (secondary N) is 1. The number of nitrogens with zero attached hydrogens (tertiary/aromatic N) is 2. The molecular weight excluding hydrogens is 401 g/mol. The van der Waals surface area contributed by atoms with E-state index in [0.29, 0.717) is 34.4 Å². The van der Waals surface area contributed by atoms with Gasteiger partial charge in [-0.3, -0.25) is 14.9 Å². The summed E-state index contributed by atoms with van der Waals surface area (Å²) in [7, 11) is 0. The minimum absolute atomic E-state index is 0.0710. The highest BCUT2D eigenvalue weighted by atomic mass is 32.1. The Morgan fingerprint density at radius 3 is 2.68 bits per heavy atom. The first-order chi connectivity index (χ1) is 13.4. The van der Waals surface area contributed by atoms with Gasteiger partial charge in [0.1, 0.15) is 10.7 Å². The molecule has 1 amide bonds. The molecule has 0 aliphatic heterocycles. The molecule has 0 radical (unpaired) electrons. The minimum Gasteiger partial charge on any atom is -0.466 e. The van der Waals surface area contributed by atoms with E-state index in [1.165, 1.54) is 34.8 Å². The summed E-state index contributed by atoms with van der Waals surface area (Å²) < 4.78 is 17.9. The average molecular weight is 420 g/mol. The fourth-order valence-corrected chi connectivity index (χ4v) is 4.17. The van der Waals surface area contributed by atoms with Gasteiger partial charge < -0.3 is 4.74 Å². The maximum absolute atomic E-state index is 13.0. The third-order valence-corrected chi connectivity index (χ3v) is 5.68. The summed E-state index contributed by atoms with van der Waals surface area (Å²) in [5.41, 5.74) is 2.10. The van der Waals surface area contributed by atoms with Crippen molar-refractivity contribution < 1.29 is 18.7 Å². The SMILES string of the molecule is CCOC(=O)Cc1csc(NC(=O)c2sc(Cc3ccc(F)cc3)nc2C)n1. The molecule has 0 bridgehead atoms. The summed E-state index contributed by atoms with van der Waals surface area (Å²) >= 11 is 2.54. The Balaban J connectivity index is 1.64. The van der Waals surface area contributed by atoms with Gasteiger partial charge >= 0.3 is 5.97 Å². The van der Waals surface area contributed by atoms with Gasteiger partial charge in [-0.05, 0) is 31.5 Å². The summed E-state index contributed by atoms with van der Waals surface area (Å²) in [6.45, 7) is 3.83. The molecule has 0 fully saturated rings. The van der Waals surface area contributed by atoms with Crippen LogP contribution in [0, 0.1) is 12.7 Å². The number of benzene rings is 1. The predicted molar refractivity (Wildman–Crippen MR) is 106 cm³/mol. The van der Waals surface area contributed by atoms with Gasteiger partial charge in [-0.25, -0.2) is 14.4 Å². The standard InChI is InChI=1S/C19H18FN3O3S2/c1-3-26-16(24)9-14-10-27-19(22-14)23-18(25)17-11(2)21-15(28-17)8-12-4-6-13(20)7-5-12/h4-7,10H,3,8-9H2,1-2H3,(H,22,23,25). The Hall–Kier alpha value is -2.65. The second kappa shape index (κ2) is 9.03. The first kappa shape index (κ1) is 20.1. The molecule has 0 saturated heterocycles. The Morgan fingerprint density at radius 1 is 1.21 bits per heavy atom. The average Bonchev–Trinajstić information content (AvgIpc) is 3.23. The number of halogens is 1. The van der Waals surface area contributed by atoms with E-state index >= 15 is 0 Å². The second-order valence-electron chi connectivity index (χ2n) is 5.91. The van der Waals surface area contributed by atoms with Crippen LogP contribution in [0.2, 0.25) is 0 Å². The van der Waals surface area contributed by atoms with Crippen molar-refractivity contribution in [3.05, 3.63) is 62.3 Å². The lowest BCUT2D eigenvalue weighted by molar-refractivity contribution is -0.142. The van der Waals surface area contributed by atoms with Crippen LogP contribution in [0.15, 0.2) is 29.6 Å². The fourth-order valence-electron chi connectivity index (χ4n) is 2.47. The van der Waals surface area contributed by atoms with E-state index in [4.69, 9.17) is 4.74 Å². The molecule has 2 aromatic heterocycles.